The van der Waals surface area contributed by atoms with Crippen LogP contribution in [-0.2, 0) is 14.8 Å². The molecule has 0 saturated carbocycles. The SMILES string of the molecule is CCOc1ccc(N(CC(=O)NC(C)C(C)C)S(C)(=O)=O)cc1. The largest absolute Gasteiger partial charge is 0.494 e. The topological polar surface area (TPSA) is 75.7 Å². The molecule has 7 heteroatoms. The molecule has 1 aromatic rings. The maximum atomic E-state index is 12.1. The van der Waals surface area contributed by atoms with E-state index >= 15 is 0 Å². The monoisotopic (exact) mass is 342 g/mol. The van der Waals surface area contributed by atoms with Gasteiger partial charge in [0.2, 0.25) is 15.9 Å². The number of hydrogen-bond donors (Lipinski definition) is 1. The van der Waals surface area contributed by atoms with Crippen molar-refractivity contribution in [2.75, 3.05) is 23.7 Å². The van der Waals surface area contributed by atoms with Crippen LogP contribution in [0.5, 0.6) is 5.75 Å². The highest BCUT2D eigenvalue weighted by Crippen LogP contribution is 2.21. The van der Waals surface area contributed by atoms with Crippen LogP contribution in [0.15, 0.2) is 24.3 Å². The van der Waals surface area contributed by atoms with Gasteiger partial charge >= 0.3 is 0 Å². The summed E-state index contributed by atoms with van der Waals surface area (Å²) < 4.78 is 30.5. The van der Waals surface area contributed by atoms with Crippen LogP contribution >= 0.6 is 0 Å². The van der Waals surface area contributed by atoms with Gasteiger partial charge in [0.15, 0.2) is 0 Å². The molecule has 0 heterocycles. The van der Waals surface area contributed by atoms with Crippen LogP contribution in [0.4, 0.5) is 5.69 Å². The van der Waals surface area contributed by atoms with Gasteiger partial charge in [0.25, 0.3) is 0 Å². The summed E-state index contributed by atoms with van der Waals surface area (Å²) in [5, 5.41) is 2.81. The third kappa shape index (κ3) is 6.09. The summed E-state index contributed by atoms with van der Waals surface area (Å²) in [4.78, 5) is 12.1. The molecule has 0 fully saturated rings. The van der Waals surface area contributed by atoms with Crippen molar-refractivity contribution < 1.29 is 17.9 Å². The summed E-state index contributed by atoms with van der Waals surface area (Å²) in [5.74, 6) is 0.601. The second-order valence-electron chi connectivity index (χ2n) is 5.80. The van der Waals surface area contributed by atoms with E-state index in [4.69, 9.17) is 4.74 Å². The second-order valence-corrected chi connectivity index (χ2v) is 7.70. The van der Waals surface area contributed by atoms with Crippen molar-refractivity contribution in [3.63, 3.8) is 0 Å². The highest BCUT2D eigenvalue weighted by atomic mass is 32.2. The van der Waals surface area contributed by atoms with Gasteiger partial charge in [0, 0.05) is 6.04 Å². The highest BCUT2D eigenvalue weighted by molar-refractivity contribution is 7.92. The molecular formula is C16H26N2O4S. The average molecular weight is 342 g/mol. The number of carbonyl (C=O) groups is 1. The first kappa shape index (κ1) is 19.3. The Hall–Kier alpha value is -1.76. The minimum Gasteiger partial charge on any atom is -0.494 e. The Labute approximate surface area is 138 Å². The molecule has 23 heavy (non-hydrogen) atoms. The van der Waals surface area contributed by atoms with Crippen molar-refractivity contribution in [3.8, 4) is 5.75 Å². The van der Waals surface area contributed by atoms with E-state index in [1.54, 1.807) is 24.3 Å². The molecule has 0 aromatic heterocycles. The lowest BCUT2D eigenvalue weighted by Gasteiger charge is -2.24. The predicted octanol–water partition coefficient (Wildman–Crippen LogP) is 2.01. The number of ether oxygens (including phenoxy) is 1. The molecule has 1 N–H and O–H groups in total. The smallest absolute Gasteiger partial charge is 0.240 e. The molecule has 0 bridgehead atoms. The first-order valence-electron chi connectivity index (χ1n) is 7.65. The molecule has 0 saturated heterocycles. The van der Waals surface area contributed by atoms with E-state index in [2.05, 4.69) is 5.32 Å². The number of nitrogens with one attached hydrogen (secondary N) is 1. The van der Waals surface area contributed by atoms with E-state index in [9.17, 15) is 13.2 Å². The minimum atomic E-state index is -3.56. The average Bonchev–Trinajstić information content (AvgIpc) is 2.45. The van der Waals surface area contributed by atoms with E-state index in [-0.39, 0.29) is 24.4 Å². The molecule has 0 aliphatic rings. The fourth-order valence-electron chi connectivity index (χ4n) is 1.87. The lowest BCUT2D eigenvalue weighted by molar-refractivity contribution is -0.120. The van der Waals surface area contributed by atoms with E-state index in [0.717, 1.165) is 10.6 Å². The summed E-state index contributed by atoms with van der Waals surface area (Å²) in [6.07, 6.45) is 1.09. The van der Waals surface area contributed by atoms with Crippen LogP contribution in [0, 0.1) is 5.92 Å². The number of rotatable bonds is 8. The molecule has 6 nitrogen and oxygen atoms in total. The molecule has 1 unspecified atom stereocenters. The van der Waals surface area contributed by atoms with Gasteiger partial charge in [-0.2, -0.15) is 0 Å². The van der Waals surface area contributed by atoms with E-state index in [1.807, 2.05) is 27.7 Å². The van der Waals surface area contributed by atoms with E-state index in [0.29, 0.717) is 18.0 Å². The molecule has 1 aromatic carbocycles. The van der Waals surface area contributed by atoms with Crippen LogP contribution in [0.25, 0.3) is 0 Å². The zero-order valence-electron chi connectivity index (χ0n) is 14.4. The van der Waals surface area contributed by atoms with E-state index < -0.39 is 10.0 Å². The van der Waals surface area contributed by atoms with Crippen LogP contribution in [0.1, 0.15) is 27.7 Å². The zero-order chi connectivity index (χ0) is 17.6. The Morgan fingerprint density at radius 1 is 1.22 bits per heavy atom. The molecule has 0 spiro atoms. The molecule has 130 valence electrons. The molecule has 0 radical (unpaired) electrons. The Bertz CT molecular complexity index is 611. The van der Waals surface area contributed by atoms with Gasteiger partial charge in [0.1, 0.15) is 12.3 Å². The van der Waals surface area contributed by atoms with E-state index in [1.165, 1.54) is 0 Å². The van der Waals surface area contributed by atoms with Crippen molar-refractivity contribution in [1.82, 2.24) is 5.32 Å². The summed E-state index contributed by atoms with van der Waals surface area (Å²) in [5.41, 5.74) is 0.434. The second kappa shape index (κ2) is 8.19. The standard InChI is InChI=1S/C16H26N2O4S/c1-6-22-15-9-7-14(8-10-15)18(23(5,20)21)11-16(19)17-13(4)12(2)3/h7-10,12-13H,6,11H2,1-5H3,(H,17,19). The van der Waals surface area contributed by atoms with Crippen molar-refractivity contribution in [2.45, 2.75) is 33.7 Å². The predicted molar refractivity (Wildman–Crippen MR) is 92.2 cm³/mol. The number of carbonyl (C=O) groups excluding carboxylic acids is 1. The molecular weight excluding hydrogens is 316 g/mol. The van der Waals surface area contributed by atoms with Gasteiger partial charge in [-0.3, -0.25) is 9.10 Å². The normalized spacial score (nSPS) is 12.8. The molecule has 1 atom stereocenters. The van der Waals surface area contributed by atoms with Crippen molar-refractivity contribution in [3.05, 3.63) is 24.3 Å². The zero-order valence-corrected chi connectivity index (χ0v) is 15.2. The van der Waals surface area contributed by atoms with Crippen LogP contribution in [0.3, 0.4) is 0 Å². The number of anilines is 1. The quantitative estimate of drug-likeness (QED) is 0.784. The van der Waals surface area contributed by atoms with Gasteiger partial charge < -0.3 is 10.1 Å². The van der Waals surface area contributed by atoms with Gasteiger partial charge in [-0.25, -0.2) is 8.42 Å². The fourth-order valence-corrected chi connectivity index (χ4v) is 2.73. The van der Waals surface area contributed by atoms with Gasteiger partial charge in [-0.1, -0.05) is 13.8 Å². The first-order valence-corrected chi connectivity index (χ1v) is 9.50. The van der Waals surface area contributed by atoms with Crippen LogP contribution < -0.4 is 14.4 Å². The van der Waals surface area contributed by atoms with Crippen LogP contribution in [-0.4, -0.2) is 39.8 Å². The third-order valence-electron chi connectivity index (χ3n) is 3.51. The van der Waals surface area contributed by atoms with Crippen molar-refractivity contribution in [1.29, 1.82) is 0 Å². The molecule has 0 aliphatic heterocycles. The number of benzene rings is 1. The Balaban J connectivity index is 2.91. The molecule has 0 aliphatic carbocycles. The number of hydrogen-bond acceptors (Lipinski definition) is 4. The summed E-state index contributed by atoms with van der Waals surface area (Å²) in [7, 11) is -3.56. The first-order chi connectivity index (χ1) is 10.6. The van der Waals surface area contributed by atoms with Crippen molar-refractivity contribution in [2.24, 2.45) is 5.92 Å². The Morgan fingerprint density at radius 3 is 2.22 bits per heavy atom. The highest BCUT2D eigenvalue weighted by Gasteiger charge is 2.22. The summed E-state index contributed by atoms with van der Waals surface area (Å²) >= 11 is 0. The minimum absolute atomic E-state index is 0.0239. The lowest BCUT2D eigenvalue weighted by Crippen LogP contribution is -2.44. The maximum absolute atomic E-state index is 12.1. The summed E-state index contributed by atoms with van der Waals surface area (Å²) in [6.45, 7) is 8.03. The number of amides is 1. The molecule has 1 rings (SSSR count). The summed E-state index contributed by atoms with van der Waals surface area (Å²) in [6, 6.07) is 6.61. The fraction of sp³-hybridized carbons (Fsp3) is 0.562. The number of sulfonamides is 1. The van der Waals surface area contributed by atoms with Gasteiger partial charge in [0.05, 0.1) is 18.6 Å². The Kier molecular flexibility index (Phi) is 6.87. The van der Waals surface area contributed by atoms with Crippen molar-refractivity contribution >= 4 is 21.6 Å². The maximum Gasteiger partial charge on any atom is 0.240 e. The lowest BCUT2D eigenvalue weighted by atomic mass is 10.1. The third-order valence-corrected chi connectivity index (χ3v) is 4.65. The Morgan fingerprint density at radius 2 is 1.78 bits per heavy atom. The molecule has 1 amide bonds. The van der Waals surface area contributed by atoms with Crippen LogP contribution in [0.2, 0.25) is 0 Å². The van der Waals surface area contributed by atoms with Gasteiger partial charge in [-0.05, 0) is 44.0 Å². The number of nitrogens with zero attached hydrogens (tertiary/aromatic N) is 1. The van der Waals surface area contributed by atoms with Gasteiger partial charge in [-0.15, -0.1) is 0 Å².